The Morgan fingerprint density at radius 1 is 1.24 bits per heavy atom. The normalized spacial score (nSPS) is 11.1. The topological polar surface area (TPSA) is 73.6 Å². The number of hydrogen-bond acceptors (Lipinski definition) is 5. The lowest BCUT2D eigenvalue weighted by molar-refractivity contribution is -0.384. The molecule has 0 aliphatic heterocycles. The average molecular weight is 308 g/mol. The highest BCUT2D eigenvalue weighted by atomic mass is 19.4. The van der Waals surface area contributed by atoms with Gasteiger partial charge < -0.3 is 14.8 Å². The molecule has 0 atom stereocenters. The van der Waals surface area contributed by atoms with Gasteiger partial charge in [-0.15, -0.1) is 0 Å². The van der Waals surface area contributed by atoms with Crippen LogP contribution in [0.1, 0.15) is 12.8 Å². The minimum absolute atomic E-state index is 0.0458. The van der Waals surface area contributed by atoms with Crippen molar-refractivity contribution in [3.8, 4) is 11.5 Å². The number of anilines is 1. The predicted molar refractivity (Wildman–Crippen MR) is 70.0 cm³/mol. The van der Waals surface area contributed by atoms with Gasteiger partial charge in [-0.2, -0.15) is 13.2 Å². The van der Waals surface area contributed by atoms with E-state index in [1.165, 1.54) is 20.3 Å². The number of benzene rings is 1. The number of alkyl halides is 3. The lowest BCUT2D eigenvalue weighted by Crippen LogP contribution is -2.11. The van der Waals surface area contributed by atoms with Gasteiger partial charge in [0.15, 0.2) is 11.5 Å². The van der Waals surface area contributed by atoms with Crippen molar-refractivity contribution in [2.75, 3.05) is 26.1 Å². The van der Waals surface area contributed by atoms with Gasteiger partial charge >= 0.3 is 6.18 Å². The molecule has 1 N–H and O–H groups in total. The Morgan fingerprint density at radius 3 is 2.29 bits per heavy atom. The summed E-state index contributed by atoms with van der Waals surface area (Å²) in [6.45, 7) is -0.0458. The molecular weight excluding hydrogens is 293 g/mol. The summed E-state index contributed by atoms with van der Waals surface area (Å²) < 4.78 is 46.1. The molecule has 9 heteroatoms. The molecule has 0 aliphatic carbocycles. The minimum Gasteiger partial charge on any atom is -0.493 e. The minimum atomic E-state index is -4.24. The lowest BCUT2D eigenvalue weighted by atomic mass is 10.2. The first-order chi connectivity index (χ1) is 9.78. The van der Waals surface area contributed by atoms with Gasteiger partial charge in [0.2, 0.25) is 0 Å². The van der Waals surface area contributed by atoms with Crippen LogP contribution in [0.2, 0.25) is 0 Å². The van der Waals surface area contributed by atoms with E-state index in [4.69, 9.17) is 9.47 Å². The Morgan fingerprint density at radius 2 is 1.81 bits per heavy atom. The molecule has 1 aromatic rings. The zero-order chi connectivity index (χ0) is 16.0. The maximum absolute atomic E-state index is 12.0. The van der Waals surface area contributed by atoms with Crippen molar-refractivity contribution in [1.29, 1.82) is 0 Å². The first kappa shape index (κ1) is 16.9. The van der Waals surface area contributed by atoms with Crippen LogP contribution < -0.4 is 14.8 Å². The lowest BCUT2D eigenvalue weighted by Gasteiger charge is -2.12. The number of rotatable bonds is 7. The van der Waals surface area contributed by atoms with Crippen molar-refractivity contribution in [1.82, 2.24) is 0 Å². The number of nitro benzene ring substituents is 1. The van der Waals surface area contributed by atoms with E-state index in [2.05, 4.69) is 5.32 Å². The Hall–Kier alpha value is -2.19. The van der Waals surface area contributed by atoms with Crippen molar-refractivity contribution in [2.24, 2.45) is 0 Å². The van der Waals surface area contributed by atoms with Crippen molar-refractivity contribution in [2.45, 2.75) is 19.0 Å². The summed E-state index contributed by atoms with van der Waals surface area (Å²) in [6, 6.07) is 2.48. The monoisotopic (exact) mass is 308 g/mol. The SMILES string of the molecule is COc1cc(NCCCC(F)(F)F)c([N+](=O)[O-])cc1OC. The number of ether oxygens (including phenoxy) is 2. The molecule has 21 heavy (non-hydrogen) atoms. The zero-order valence-corrected chi connectivity index (χ0v) is 11.5. The first-order valence-corrected chi connectivity index (χ1v) is 5.99. The standard InChI is InChI=1S/C12H15F3N2O4/c1-20-10-6-8(16-5-3-4-12(13,14)15)9(17(18)19)7-11(10)21-2/h6-7,16H,3-5H2,1-2H3. The van der Waals surface area contributed by atoms with Crippen molar-refractivity contribution < 1.29 is 27.6 Å². The summed E-state index contributed by atoms with van der Waals surface area (Å²) in [5, 5.41) is 13.6. The van der Waals surface area contributed by atoms with Crippen LogP contribution in [0.3, 0.4) is 0 Å². The molecule has 0 heterocycles. The number of hydrogen-bond donors (Lipinski definition) is 1. The highest BCUT2D eigenvalue weighted by molar-refractivity contribution is 5.68. The van der Waals surface area contributed by atoms with Gasteiger partial charge in [-0.05, 0) is 6.42 Å². The average Bonchev–Trinajstić information content (AvgIpc) is 2.41. The molecule has 1 rings (SSSR count). The number of halogens is 3. The molecule has 0 aliphatic rings. The summed E-state index contributed by atoms with van der Waals surface area (Å²) in [6.07, 6.45) is -5.39. The van der Waals surface area contributed by atoms with Crippen LogP contribution in [0, 0.1) is 10.1 Å². The summed E-state index contributed by atoms with van der Waals surface area (Å²) in [5.41, 5.74) is -0.209. The molecule has 0 bridgehead atoms. The summed E-state index contributed by atoms with van der Waals surface area (Å²) in [7, 11) is 2.69. The van der Waals surface area contributed by atoms with E-state index >= 15 is 0 Å². The number of nitrogens with one attached hydrogen (secondary N) is 1. The fourth-order valence-electron chi connectivity index (χ4n) is 1.67. The molecule has 0 saturated carbocycles. The van der Waals surface area contributed by atoms with Crippen molar-refractivity contribution in [3.63, 3.8) is 0 Å². The van der Waals surface area contributed by atoms with Gasteiger partial charge in [0.1, 0.15) is 5.69 Å². The van der Waals surface area contributed by atoms with E-state index in [-0.39, 0.29) is 35.8 Å². The molecule has 0 aromatic heterocycles. The van der Waals surface area contributed by atoms with Crippen LogP contribution >= 0.6 is 0 Å². The summed E-state index contributed by atoms with van der Waals surface area (Å²) in [5.74, 6) is 0.423. The number of nitro groups is 1. The largest absolute Gasteiger partial charge is 0.493 e. The summed E-state index contributed by atoms with van der Waals surface area (Å²) in [4.78, 5) is 10.3. The van der Waals surface area contributed by atoms with Gasteiger partial charge in [-0.25, -0.2) is 0 Å². The van der Waals surface area contributed by atoms with Gasteiger partial charge in [-0.3, -0.25) is 10.1 Å². The second kappa shape index (κ2) is 7.00. The quantitative estimate of drug-likeness (QED) is 0.475. The van der Waals surface area contributed by atoms with Crippen LogP contribution in [0.4, 0.5) is 24.5 Å². The molecule has 0 saturated heterocycles. The number of nitrogens with zero attached hydrogens (tertiary/aromatic N) is 1. The maximum atomic E-state index is 12.0. The molecule has 0 spiro atoms. The van der Waals surface area contributed by atoms with Gasteiger partial charge in [0, 0.05) is 19.0 Å². The van der Waals surface area contributed by atoms with Gasteiger partial charge in [-0.1, -0.05) is 0 Å². The Balaban J connectivity index is 2.86. The maximum Gasteiger partial charge on any atom is 0.389 e. The van der Waals surface area contributed by atoms with E-state index in [1.807, 2.05) is 0 Å². The van der Waals surface area contributed by atoms with Crippen LogP contribution in [-0.2, 0) is 0 Å². The van der Waals surface area contributed by atoms with Crippen LogP contribution in [-0.4, -0.2) is 31.9 Å². The Kier molecular flexibility index (Phi) is 5.62. The summed E-state index contributed by atoms with van der Waals surface area (Å²) >= 11 is 0. The molecule has 0 unspecified atom stereocenters. The first-order valence-electron chi connectivity index (χ1n) is 5.99. The molecule has 0 fully saturated rings. The molecule has 6 nitrogen and oxygen atoms in total. The second-order valence-corrected chi connectivity index (χ2v) is 4.13. The van der Waals surface area contributed by atoms with Crippen LogP contribution in [0.25, 0.3) is 0 Å². The molecule has 1 aromatic carbocycles. The van der Waals surface area contributed by atoms with E-state index < -0.39 is 17.5 Å². The van der Waals surface area contributed by atoms with E-state index in [0.29, 0.717) is 0 Å². The highest BCUT2D eigenvalue weighted by Crippen LogP contribution is 2.37. The molecule has 0 amide bonds. The molecule has 0 radical (unpaired) electrons. The van der Waals surface area contributed by atoms with Crippen LogP contribution in [0.15, 0.2) is 12.1 Å². The van der Waals surface area contributed by atoms with Crippen molar-refractivity contribution in [3.05, 3.63) is 22.2 Å². The predicted octanol–water partition coefficient (Wildman–Crippen LogP) is 3.37. The zero-order valence-electron chi connectivity index (χ0n) is 11.5. The van der Waals surface area contributed by atoms with E-state index in [0.717, 1.165) is 6.07 Å². The van der Waals surface area contributed by atoms with Crippen LogP contribution in [0.5, 0.6) is 11.5 Å². The van der Waals surface area contributed by atoms with Gasteiger partial charge in [0.25, 0.3) is 5.69 Å². The fraction of sp³-hybridized carbons (Fsp3) is 0.500. The molecule has 118 valence electrons. The fourth-order valence-corrected chi connectivity index (χ4v) is 1.67. The third kappa shape index (κ3) is 5.01. The smallest absolute Gasteiger partial charge is 0.389 e. The Bertz CT molecular complexity index is 506. The second-order valence-electron chi connectivity index (χ2n) is 4.13. The van der Waals surface area contributed by atoms with Crippen molar-refractivity contribution >= 4 is 11.4 Å². The third-order valence-corrected chi connectivity index (χ3v) is 2.65. The third-order valence-electron chi connectivity index (χ3n) is 2.65. The Labute approximate surface area is 119 Å². The molecular formula is C12H15F3N2O4. The van der Waals surface area contributed by atoms with E-state index in [9.17, 15) is 23.3 Å². The number of methoxy groups -OCH3 is 2. The van der Waals surface area contributed by atoms with E-state index in [1.54, 1.807) is 0 Å². The van der Waals surface area contributed by atoms with Gasteiger partial charge in [0.05, 0.1) is 25.2 Å². The highest BCUT2D eigenvalue weighted by Gasteiger charge is 2.26.